The van der Waals surface area contributed by atoms with Gasteiger partial charge in [0.1, 0.15) is 0 Å². The van der Waals surface area contributed by atoms with Gasteiger partial charge < -0.3 is 9.88 Å². The molecule has 0 radical (unpaired) electrons. The average molecular weight is 384 g/mol. The Kier molecular flexibility index (Phi) is 5.33. The molecule has 0 spiro atoms. The van der Waals surface area contributed by atoms with Crippen molar-refractivity contribution < 1.29 is 4.79 Å². The number of amides is 1. The lowest BCUT2D eigenvalue weighted by Crippen LogP contribution is -2.31. The van der Waals surface area contributed by atoms with E-state index in [1.54, 1.807) is 18.2 Å². The lowest BCUT2D eigenvalue weighted by Gasteiger charge is -2.09. The van der Waals surface area contributed by atoms with E-state index in [9.17, 15) is 9.59 Å². The number of carbonyl (C=O) groups excluding carboxylic acids is 1. The summed E-state index contributed by atoms with van der Waals surface area (Å²) in [5, 5.41) is 7.24. The van der Waals surface area contributed by atoms with Crippen LogP contribution in [-0.4, -0.2) is 26.8 Å². The standard InChI is InChI=1S/C23H20N4O2/c28-22-13-12-21(18-6-2-1-3-7-18)25-27(22)17-14-24-23(29)19-8-10-20(11-9-19)26-15-4-5-16-26/h1-13,15-16H,14,17H2,(H,24,29). The van der Waals surface area contributed by atoms with Gasteiger partial charge in [-0.05, 0) is 42.5 Å². The number of hydrogen-bond acceptors (Lipinski definition) is 3. The SMILES string of the molecule is O=C(NCCn1nc(-c2ccccc2)ccc1=O)c1ccc(-n2cccc2)cc1. The van der Waals surface area contributed by atoms with Gasteiger partial charge in [0.15, 0.2) is 0 Å². The molecule has 0 unspecified atom stereocenters. The Morgan fingerprint density at radius 3 is 2.31 bits per heavy atom. The molecule has 4 aromatic rings. The number of aromatic nitrogens is 3. The van der Waals surface area contributed by atoms with E-state index in [1.165, 1.54) is 10.7 Å². The van der Waals surface area contributed by atoms with Crippen LogP contribution in [0.1, 0.15) is 10.4 Å². The molecule has 0 aliphatic carbocycles. The summed E-state index contributed by atoms with van der Waals surface area (Å²) >= 11 is 0. The molecule has 0 saturated heterocycles. The number of benzene rings is 2. The third-order valence-corrected chi connectivity index (χ3v) is 4.58. The molecule has 2 heterocycles. The second-order valence-electron chi connectivity index (χ2n) is 6.54. The highest BCUT2D eigenvalue weighted by molar-refractivity contribution is 5.94. The van der Waals surface area contributed by atoms with E-state index in [2.05, 4.69) is 10.4 Å². The molecular weight excluding hydrogens is 364 g/mol. The van der Waals surface area contributed by atoms with Gasteiger partial charge >= 0.3 is 0 Å². The highest BCUT2D eigenvalue weighted by Crippen LogP contribution is 2.14. The molecular formula is C23H20N4O2. The van der Waals surface area contributed by atoms with Crippen LogP contribution in [0.4, 0.5) is 0 Å². The molecule has 0 saturated carbocycles. The summed E-state index contributed by atoms with van der Waals surface area (Å²) in [6.45, 7) is 0.607. The third kappa shape index (κ3) is 4.32. The lowest BCUT2D eigenvalue weighted by atomic mass is 10.1. The first-order valence-electron chi connectivity index (χ1n) is 9.36. The Morgan fingerprint density at radius 1 is 0.862 bits per heavy atom. The van der Waals surface area contributed by atoms with E-state index < -0.39 is 0 Å². The average Bonchev–Trinajstić information content (AvgIpc) is 3.31. The van der Waals surface area contributed by atoms with E-state index in [1.807, 2.05) is 71.6 Å². The van der Waals surface area contributed by atoms with Crippen molar-refractivity contribution >= 4 is 5.91 Å². The molecule has 6 nitrogen and oxygen atoms in total. The topological polar surface area (TPSA) is 68.9 Å². The molecule has 0 fully saturated rings. The highest BCUT2D eigenvalue weighted by atomic mass is 16.1. The molecule has 2 aromatic heterocycles. The Morgan fingerprint density at radius 2 is 1.59 bits per heavy atom. The molecule has 4 rings (SSSR count). The largest absolute Gasteiger partial charge is 0.350 e. The van der Waals surface area contributed by atoms with Crippen LogP contribution in [0, 0.1) is 0 Å². The monoisotopic (exact) mass is 384 g/mol. The normalized spacial score (nSPS) is 10.6. The van der Waals surface area contributed by atoms with Crippen LogP contribution in [0.2, 0.25) is 0 Å². The molecule has 1 N–H and O–H groups in total. The van der Waals surface area contributed by atoms with E-state index >= 15 is 0 Å². The second-order valence-corrected chi connectivity index (χ2v) is 6.54. The summed E-state index contributed by atoms with van der Waals surface area (Å²) in [7, 11) is 0. The Hall–Kier alpha value is -3.93. The van der Waals surface area contributed by atoms with E-state index in [4.69, 9.17) is 0 Å². The maximum absolute atomic E-state index is 12.4. The van der Waals surface area contributed by atoms with Crippen molar-refractivity contribution in [3.05, 3.63) is 107 Å². The third-order valence-electron chi connectivity index (χ3n) is 4.58. The van der Waals surface area contributed by atoms with Crippen LogP contribution < -0.4 is 10.9 Å². The molecule has 29 heavy (non-hydrogen) atoms. The number of hydrogen-bond donors (Lipinski definition) is 1. The van der Waals surface area contributed by atoms with Crippen molar-refractivity contribution in [2.24, 2.45) is 0 Å². The molecule has 1 amide bonds. The van der Waals surface area contributed by atoms with Crippen LogP contribution >= 0.6 is 0 Å². The van der Waals surface area contributed by atoms with Crippen LogP contribution in [0.5, 0.6) is 0 Å². The first-order valence-corrected chi connectivity index (χ1v) is 9.36. The first kappa shape index (κ1) is 18.4. The van der Waals surface area contributed by atoms with Gasteiger partial charge in [0.25, 0.3) is 11.5 Å². The zero-order valence-corrected chi connectivity index (χ0v) is 15.7. The van der Waals surface area contributed by atoms with Crippen molar-refractivity contribution in [1.82, 2.24) is 19.7 Å². The van der Waals surface area contributed by atoms with Gasteiger partial charge in [-0.1, -0.05) is 30.3 Å². The molecule has 0 atom stereocenters. The van der Waals surface area contributed by atoms with Gasteiger partial charge in [0.05, 0.1) is 12.2 Å². The molecule has 6 heteroatoms. The van der Waals surface area contributed by atoms with Crippen LogP contribution in [0.15, 0.2) is 96.1 Å². The van der Waals surface area contributed by atoms with Gasteiger partial charge in [-0.3, -0.25) is 9.59 Å². The number of nitrogens with zero attached hydrogens (tertiary/aromatic N) is 3. The quantitative estimate of drug-likeness (QED) is 0.555. The maximum Gasteiger partial charge on any atom is 0.266 e. The van der Waals surface area contributed by atoms with E-state index in [0.29, 0.717) is 18.7 Å². The fourth-order valence-electron chi connectivity index (χ4n) is 3.04. The van der Waals surface area contributed by atoms with Gasteiger partial charge in [-0.15, -0.1) is 0 Å². The van der Waals surface area contributed by atoms with Gasteiger partial charge in [0.2, 0.25) is 0 Å². The summed E-state index contributed by atoms with van der Waals surface area (Å²) in [6, 6.07) is 24.1. The summed E-state index contributed by atoms with van der Waals surface area (Å²) in [5.41, 5.74) is 3.01. The van der Waals surface area contributed by atoms with Gasteiger partial charge in [-0.25, -0.2) is 4.68 Å². The van der Waals surface area contributed by atoms with Crippen LogP contribution in [-0.2, 0) is 6.54 Å². The number of carbonyl (C=O) groups is 1. The van der Waals surface area contributed by atoms with Gasteiger partial charge in [-0.2, -0.15) is 5.10 Å². The van der Waals surface area contributed by atoms with Crippen molar-refractivity contribution in [2.75, 3.05) is 6.54 Å². The molecule has 0 bridgehead atoms. The summed E-state index contributed by atoms with van der Waals surface area (Å²) in [5.74, 6) is -0.184. The minimum atomic E-state index is -0.199. The second kappa shape index (κ2) is 8.39. The smallest absolute Gasteiger partial charge is 0.266 e. The number of nitrogens with one attached hydrogen (secondary N) is 1. The fourth-order valence-corrected chi connectivity index (χ4v) is 3.04. The first-order chi connectivity index (χ1) is 14.2. The zero-order chi connectivity index (χ0) is 20.1. The molecule has 144 valence electrons. The minimum absolute atomic E-state index is 0.184. The zero-order valence-electron chi connectivity index (χ0n) is 15.7. The molecule has 2 aromatic carbocycles. The van der Waals surface area contributed by atoms with Crippen LogP contribution in [0.25, 0.3) is 16.9 Å². The van der Waals surface area contributed by atoms with E-state index in [-0.39, 0.29) is 11.5 Å². The minimum Gasteiger partial charge on any atom is -0.350 e. The lowest BCUT2D eigenvalue weighted by molar-refractivity contribution is 0.0952. The predicted octanol–water partition coefficient (Wildman–Crippen LogP) is 3.13. The Bertz CT molecular complexity index is 1150. The molecule has 0 aliphatic rings. The summed E-state index contributed by atoms with van der Waals surface area (Å²) in [4.78, 5) is 24.5. The van der Waals surface area contributed by atoms with Crippen molar-refractivity contribution in [1.29, 1.82) is 0 Å². The fraction of sp³-hybridized carbons (Fsp3) is 0.0870. The number of rotatable bonds is 6. The summed E-state index contributed by atoms with van der Waals surface area (Å²) in [6.07, 6.45) is 3.90. The Labute approximate surface area is 168 Å². The van der Waals surface area contributed by atoms with Crippen molar-refractivity contribution in [3.8, 4) is 16.9 Å². The van der Waals surface area contributed by atoms with Crippen LogP contribution in [0.3, 0.4) is 0 Å². The summed E-state index contributed by atoms with van der Waals surface area (Å²) < 4.78 is 3.34. The van der Waals surface area contributed by atoms with Gasteiger partial charge in [0, 0.05) is 41.8 Å². The molecule has 0 aliphatic heterocycles. The van der Waals surface area contributed by atoms with Crippen molar-refractivity contribution in [3.63, 3.8) is 0 Å². The van der Waals surface area contributed by atoms with E-state index in [0.717, 1.165) is 16.9 Å². The highest BCUT2D eigenvalue weighted by Gasteiger charge is 2.07. The predicted molar refractivity (Wildman–Crippen MR) is 112 cm³/mol. The Balaban J connectivity index is 1.39. The maximum atomic E-state index is 12.4. The van der Waals surface area contributed by atoms with Crippen molar-refractivity contribution in [2.45, 2.75) is 6.54 Å².